The van der Waals surface area contributed by atoms with E-state index in [-0.39, 0.29) is 23.7 Å². The molecule has 0 aromatic heterocycles. The maximum absolute atomic E-state index is 13.1. The predicted molar refractivity (Wildman–Crippen MR) is 62.5 cm³/mol. The topological polar surface area (TPSA) is 72.6 Å². The molecule has 0 amide bonds. The van der Waals surface area contributed by atoms with Crippen molar-refractivity contribution in [1.29, 1.82) is 0 Å². The van der Waals surface area contributed by atoms with Crippen LogP contribution in [-0.4, -0.2) is 40.0 Å². The van der Waals surface area contributed by atoms with Crippen molar-refractivity contribution in [3.63, 3.8) is 0 Å². The molecule has 0 heterocycles. The van der Waals surface area contributed by atoms with E-state index in [1.165, 1.54) is 20.2 Å². The second kappa shape index (κ2) is 5.44. The summed E-state index contributed by atoms with van der Waals surface area (Å²) in [6, 6.07) is 3.23. The Bertz CT molecular complexity index is 470. The fourth-order valence-electron chi connectivity index (χ4n) is 1.25. The molecule has 0 atom stereocenters. The summed E-state index contributed by atoms with van der Waals surface area (Å²) in [6.07, 6.45) is 0. The Balaban J connectivity index is 3.04. The number of hydrogen-bond donors (Lipinski definition) is 1. The summed E-state index contributed by atoms with van der Waals surface area (Å²) < 4.78 is 42.9. The number of likely N-dealkylation sites (N-methyl/N-ethyl adjacent to an activating group) is 1. The number of ether oxygens (including phenoxy) is 1. The van der Waals surface area contributed by atoms with Crippen LogP contribution in [0.3, 0.4) is 0 Å². The molecule has 1 aromatic carbocycles. The second-order valence-electron chi connectivity index (χ2n) is 3.54. The first kappa shape index (κ1) is 13.9. The lowest BCUT2D eigenvalue weighted by molar-refractivity contribution is 0.185. The smallest absolute Gasteiger partial charge is 0.243 e. The van der Waals surface area contributed by atoms with E-state index in [0.29, 0.717) is 0 Å². The molecule has 0 aliphatic rings. The van der Waals surface area contributed by atoms with Crippen molar-refractivity contribution in [2.75, 3.05) is 33.0 Å². The van der Waals surface area contributed by atoms with Gasteiger partial charge in [0.15, 0.2) is 0 Å². The number of sulfonamides is 1. The van der Waals surface area contributed by atoms with E-state index >= 15 is 0 Å². The zero-order valence-corrected chi connectivity index (χ0v) is 10.5. The Labute approximate surface area is 100 Å². The summed E-state index contributed by atoms with van der Waals surface area (Å²) in [4.78, 5) is -0.159. The van der Waals surface area contributed by atoms with Gasteiger partial charge in [0, 0.05) is 26.4 Å². The van der Waals surface area contributed by atoms with Crippen LogP contribution in [0.2, 0.25) is 0 Å². The molecular weight excluding hydrogens is 247 g/mol. The largest absolute Gasteiger partial charge is 0.399 e. The van der Waals surface area contributed by atoms with Crippen LogP contribution in [0.5, 0.6) is 0 Å². The third-order valence-corrected chi connectivity index (χ3v) is 4.05. The maximum Gasteiger partial charge on any atom is 0.243 e. The molecule has 96 valence electrons. The highest BCUT2D eigenvalue weighted by atomic mass is 32.2. The summed E-state index contributed by atoms with van der Waals surface area (Å²) in [7, 11) is -0.852. The molecule has 0 bridgehead atoms. The number of hydrogen-bond acceptors (Lipinski definition) is 4. The van der Waals surface area contributed by atoms with Gasteiger partial charge < -0.3 is 10.5 Å². The highest BCUT2D eigenvalue weighted by Gasteiger charge is 2.21. The Hall–Kier alpha value is -1.18. The first-order valence-corrected chi connectivity index (χ1v) is 6.33. The van der Waals surface area contributed by atoms with Crippen molar-refractivity contribution >= 4 is 15.7 Å². The molecule has 0 aliphatic carbocycles. The highest BCUT2D eigenvalue weighted by Crippen LogP contribution is 2.18. The quantitative estimate of drug-likeness (QED) is 0.792. The molecule has 1 aromatic rings. The van der Waals surface area contributed by atoms with Crippen LogP contribution < -0.4 is 5.73 Å². The van der Waals surface area contributed by atoms with Gasteiger partial charge in [-0.2, -0.15) is 4.31 Å². The Morgan fingerprint density at radius 1 is 1.41 bits per heavy atom. The molecule has 7 heteroatoms. The molecule has 0 aliphatic heterocycles. The molecule has 17 heavy (non-hydrogen) atoms. The molecular formula is C10H15FN2O3S. The minimum atomic E-state index is -3.72. The monoisotopic (exact) mass is 262 g/mol. The molecule has 0 spiro atoms. The van der Waals surface area contributed by atoms with E-state index in [2.05, 4.69) is 0 Å². The van der Waals surface area contributed by atoms with E-state index in [1.54, 1.807) is 0 Å². The van der Waals surface area contributed by atoms with E-state index in [1.807, 2.05) is 0 Å². The molecule has 2 N–H and O–H groups in total. The Kier molecular flexibility index (Phi) is 4.44. The first-order chi connectivity index (χ1) is 7.87. The number of halogens is 1. The zero-order valence-electron chi connectivity index (χ0n) is 9.68. The van der Waals surface area contributed by atoms with Crippen molar-refractivity contribution in [3.8, 4) is 0 Å². The van der Waals surface area contributed by atoms with Crippen LogP contribution in [0.4, 0.5) is 10.1 Å². The predicted octanol–water partition coefficient (Wildman–Crippen LogP) is 0.675. The Morgan fingerprint density at radius 3 is 2.59 bits per heavy atom. The third kappa shape index (κ3) is 3.39. The third-order valence-electron chi connectivity index (χ3n) is 2.21. The molecule has 0 saturated carbocycles. The van der Waals surface area contributed by atoms with Crippen LogP contribution in [0.1, 0.15) is 0 Å². The van der Waals surface area contributed by atoms with Gasteiger partial charge in [-0.1, -0.05) is 0 Å². The van der Waals surface area contributed by atoms with Gasteiger partial charge in [-0.15, -0.1) is 0 Å². The highest BCUT2D eigenvalue weighted by molar-refractivity contribution is 7.89. The summed E-state index contributed by atoms with van der Waals surface area (Å²) in [5.41, 5.74) is 5.48. The van der Waals surface area contributed by atoms with E-state index in [4.69, 9.17) is 10.5 Å². The number of anilines is 1. The second-order valence-corrected chi connectivity index (χ2v) is 5.58. The lowest BCUT2D eigenvalue weighted by atomic mass is 10.3. The van der Waals surface area contributed by atoms with Gasteiger partial charge in [0.2, 0.25) is 10.0 Å². The van der Waals surface area contributed by atoms with Crippen LogP contribution in [0, 0.1) is 5.82 Å². The first-order valence-electron chi connectivity index (χ1n) is 4.89. The number of nitrogen functional groups attached to an aromatic ring is 1. The van der Waals surface area contributed by atoms with Crippen LogP contribution in [-0.2, 0) is 14.8 Å². The molecule has 0 fully saturated rings. The van der Waals surface area contributed by atoms with Crippen molar-refractivity contribution < 1.29 is 17.5 Å². The van der Waals surface area contributed by atoms with E-state index in [0.717, 1.165) is 16.4 Å². The zero-order chi connectivity index (χ0) is 13.1. The van der Waals surface area contributed by atoms with E-state index < -0.39 is 15.8 Å². The molecule has 0 radical (unpaired) electrons. The van der Waals surface area contributed by atoms with Gasteiger partial charge in [0.05, 0.1) is 11.5 Å². The van der Waals surface area contributed by atoms with Crippen LogP contribution in [0.15, 0.2) is 23.1 Å². The van der Waals surface area contributed by atoms with Gasteiger partial charge in [0.1, 0.15) is 5.82 Å². The average Bonchev–Trinajstić information content (AvgIpc) is 2.24. The lowest BCUT2D eigenvalue weighted by Crippen LogP contribution is -2.30. The molecule has 5 nitrogen and oxygen atoms in total. The average molecular weight is 262 g/mol. The van der Waals surface area contributed by atoms with E-state index in [9.17, 15) is 12.8 Å². The van der Waals surface area contributed by atoms with Gasteiger partial charge >= 0.3 is 0 Å². The van der Waals surface area contributed by atoms with Gasteiger partial charge in [-0.25, -0.2) is 12.8 Å². The van der Waals surface area contributed by atoms with Gasteiger partial charge in [-0.05, 0) is 18.2 Å². The SMILES string of the molecule is COCCN(C)S(=O)(=O)c1cc(N)cc(F)c1. The summed E-state index contributed by atoms with van der Waals surface area (Å²) >= 11 is 0. The lowest BCUT2D eigenvalue weighted by Gasteiger charge is -2.16. The van der Waals surface area contributed by atoms with Crippen molar-refractivity contribution in [2.45, 2.75) is 4.90 Å². The fraction of sp³-hybridized carbons (Fsp3) is 0.400. The van der Waals surface area contributed by atoms with Gasteiger partial charge in [-0.3, -0.25) is 0 Å². The number of rotatable bonds is 5. The molecule has 1 rings (SSSR count). The molecule has 0 saturated heterocycles. The standard InChI is InChI=1S/C10H15FN2O3S/c1-13(3-4-16-2)17(14,15)10-6-8(11)5-9(12)7-10/h5-7H,3-4,12H2,1-2H3. The molecule has 0 unspecified atom stereocenters. The number of nitrogens with two attached hydrogens (primary N) is 1. The summed E-state index contributed by atoms with van der Waals surface area (Å²) in [5, 5.41) is 0. The van der Waals surface area contributed by atoms with Crippen molar-refractivity contribution in [1.82, 2.24) is 4.31 Å². The van der Waals surface area contributed by atoms with Crippen LogP contribution >= 0.6 is 0 Å². The minimum absolute atomic E-state index is 0.0729. The van der Waals surface area contributed by atoms with Crippen LogP contribution in [0.25, 0.3) is 0 Å². The fourth-order valence-corrected chi connectivity index (χ4v) is 2.47. The van der Waals surface area contributed by atoms with Crippen molar-refractivity contribution in [3.05, 3.63) is 24.0 Å². The summed E-state index contributed by atoms with van der Waals surface area (Å²) in [5.74, 6) is -0.677. The summed E-state index contributed by atoms with van der Waals surface area (Å²) in [6.45, 7) is 0.454. The van der Waals surface area contributed by atoms with Crippen molar-refractivity contribution in [2.24, 2.45) is 0 Å². The number of methoxy groups -OCH3 is 1. The number of benzene rings is 1. The number of nitrogens with zero attached hydrogens (tertiary/aromatic N) is 1. The minimum Gasteiger partial charge on any atom is -0.399 e. The Morgan fingerprint density at radius 2 is 2.06 bits per heavy atom. The maximum atomic E-state index is 13.1. The normalized spacial score (nSPS) is 12.0. The van der Waals surface area contributed by atoms with Gasteiger partial charge in [0.25, 0.3) is 0 Å².